The summed E-state index contributed by atoms with van der Waals surface area (Å²) in [7, 11) is 0. The minimum Gasteiger partial charge on any atom is -0.445 e. The van der Waals surface area contributed by atoms with Crippen molar-refractivity contribution in [2.24, 2.45) is 17.6 Å². The van der Waals surface area contributed by atoms with E-state index in [1.807, 2.05) is 76.2 Å². The largest absolute Gasteiger partial charge is 0.445 e. The molecule has 1 aromatic heterocycles. The van der Waals surface area contributed by atoms with Crippen LogP contribution in [0.2, 0.25) is 0 Å². The van der Waals surface area contributed by atoms with Crippen molar-refractivity contribution < 1.29 is 38.5 Å². The topological polar surface area (TPSA) is 187 Å². The molecule has 296 valence electrons. The van der Waals surface area contributed by atoms with Crippen LogP contribution in [0, 0.1) is 11.8 Å². The molecule has 14 heteroatoms. The van der Waals surface area contributed by atoms with Gasteiger partial charge in [-0.05, 0) is 56.6 Å². The lowest BCUT2D eigenvalue weighted by atomic mass is 9.96. The zero-order valence-electron chi connectivity index (χ0n) is 32.6. The Labute approximate surface area is 318 Å². The number of hydrogen-bond acceptors (Lipinski definition) is 9. The molecule has 3 rings (SSSR count). The second-order valence-electron chi connectivity index (χ2n) is 15.3. The molecule has 1 heterocycles. The Bertz CT molecular complexity index is 1610. The molecule has 3 aromatic rings. The number of carbonyl (C=O) groups is 4. The molecule has 0 saturated heterocycles. The van der Waals surface area contributed by atoms with Gasteiger partial charge in [-0.1, -0.05) is 88.4 Å². The molecule has 1 unspecified atom stereocenters. The fourth-order valence-corrected chi connectivity index (χ4v) is 5.75. The lowest BCUT2D eigenvalue weighted by molar-refractivity contribution is -0.126. The number of amides is 4. The number of aliphatic hydroxyl groups is 1. The normalized spacial score (nSPS) is 13.8. The number of imidazole rings is 1. The van der Waals surface area contributed by atoms with Crippen molar-refractivity contribution in [3.63, 3.8) is 0 Å². The molecular weight excluding hydrogens is 692 g/mol. The minimum absolute atomic E-state index is 0.00788. The average molecular weight is 751 g/mol. The fraction of sp³-hybridized carbons (Fsp3) is 0.525. The summed E-state index contributed by atoms with van der Waals surface area (Å²) < 4.78 is 18.7. The zero-order valence-corrected chi connectivity index (χ0v) is 32.6. The molecule has 5 N–H and O–H groups in total. The van der Waals surface area contributed by atoms with Gasteiger partial charge in [-0.15, -0.1) is 0 Å². The number of aromatic nitrogens is 2. The molecule has 0 spiro atoms. The summed E-state index contributed by atoms with van der Waals surface area (Å²) in [6.07, 6.45) is 0.718. The quantitative estimate of drug-likeness (QED) is 0.124. The maximum Gasteiger partial charge on any atom is 0.410 e. The first-order valence-electron chi connectivity index (χ1n) is 18.4. The standard InChI is InChI=1S/C40H58N6O8/c1-27(2)18-32(35(47)22-46(34(36(41)48)19-28(3)4)39(51)53-24-30-16-12-9-13-17-30)43-37(49)33(44-38(50)54-40(5,6)7)20-31-21-42-25-45(31)26-52-23-29-14-10-8-11-15-29/h8-17,21,25,27-28,32-35,47H,18-20,22-24,26H2,1-7H3,(H2,41,48)(H,43,49)(H,44,50)/t32-,33-,34-,35?/m0/s1. The highest BCUT2D eigenvalue weighted by atomic mass is 16.6. The number of ether oxygens (including phenoxy) is 3. The van der Waals surface area contributed by atoms with Crippen LogP contribution in [0.25, 0.3) is 0 Å². The summed E-state index contributed by atoms with van der Waals surface area (Å²) in [6, 6.07) is 15.6. The van der Waals surface area contributed by atoms with Crippen LogP contribution in [0.5, 0.6) is 0 Å². The van der Waals surface area contributed by atoms with Crippen molar-refractivity contribution in [3.05, 3.63) is 90.0 Å². The third kappa shape index (κ3) is 15.2. The molecule has 4 amide bonds. The van der Waals surface area contributed by atoms with Gasteiger partial charge in [0.15, 0.2) is 0 Å². The van der Waals surface area contributed by atoms with Crippen molar-refractivity contribution in [2.45, 2.75) is 118 Å². The SMILES string of the molecule is CC(C)C[C@H](NC(=O)[C@H](Cc1cncn1COCc1ccccc1)NC(=O)OC(C)(C)C)C(O)CN(C(=O)OCc1ccccc1)[C@@H](CC(C)C)C(N)=O. The fourth-order valence-electron chi connectivity index (χ4n) is 5.75. The van der Waals surface area contributed by atoms with E-state index in [0.717, 1.165) is 16.0 Å². The molecule has 0 bridgehead atoms. The van der Waals surface area contributed by atoms with Gasteiger partial charge in [0.1, 0.15) is 31.0 Å². The lowest BCUT2D eigenvalue weighted by Gasteiger charge is -2.35. The van der Waals surface area contributed by atoms with Crippen molar-refractivity contribution in [1.82, 2.24) is 25.1 Å². The molecule has 0 aliphatic rings. The Balaban J connectivity index is 1.85. The molecule has 0 fully saturated rings. The molecule has 0 radical (unpaired) electrons. The maximum atomic E-state index is 14.1. The van der Waals surface area contributed by atoms with Crippen LogP contribution in [-0.4, -0.2) is 79.9 Å². The number of nitrogens with zero attached hydrogens (tertiary/aromatic N) is 3. The Morgan fingerprint density at radius 3 is 2.04 bits per heavy atom. The van der Waals surface area contributed by atoms with E-state index in [-0.39, 0.29) is 44.6 Å². The first kappa shape index (κ1) is 43.5. The summed E-state index contributed by atoms with van der Waals surface area (Å²) in [5, 5.41) is 17.3. The number of aliphatic hydroxyl groups excluding tert-OH is 1. The van der Waals surface area contributed by atoms with E-state index >= 15 is 0 Å². The van der Waals surface area contributed by atoms with Crippen LogP contribution >= 0.6 is 0 Å². The Kier molecular flexibility index (Phi) is 17.0. The van der Waals surface area contributed by atoms with Crippen molar-refractivity contribution in [1.29, 1.82) is 0 Å². The third-order valence-corrected chi connectivity index (χ3v) is 8.30. The van der Waals surface area contributed by atoms with E-state index < -0.39 is 53.8 Å². The third-order valence-electron chi connectivity index (χ3n) is 8.30. The zero-order chi connectivity index (χ0) is 39.8. The molecule has 14 nitrogen and oxygen atoms in total. The van der Waals surface area contributed by atoms with E-state index in [0.29, 0.717) is 18.7 Å². The van der Waals surface area contributed by atoms with Crippen molar-refractivity contribution in [2.75, 3.05) is 6.54 Å². The molecule has 0 aliphatic heterocycles. The lowest BCUT2D eigenvalue weighted by Crippen LogP contribution is -2.58. The Hall–Kier alpha value is -4.95. The number of nitrogens with two attached hydrogens (primary N) is 1. The average Bonchev–Trinajstić information content (AvgIpc) is 3.54. The first-order valence-corrected chi connectivity index (χ1v) is 18.4. The Morgan fingerprint density at radius 2 is 1.48 bits per heavy atom. The molecule has 54 heavy (non-hydrogen) atoms. The smallest absolute Gasteiger partial charge is 0.410 e. The minimum atomic E-state index is -1.35. The number of primary amides is 1. The molecule has 2 aromatic carbocycles. The van der Waals surface area contributed by atoms with Gasteiger partial charge in [-0.2, -0.15) is 0 Å². The Morgan fingerprint density at radius 1 is 0.889 bits per heavy atom. The molecule has 0 aliphatic carbocycles. The molecule has 0 saturated carbocycles. The molecule has 4 atom stereocenters. The van der Waals surface area contributed by atoms with Gasteiger partial charge >= 0.3 is 12.2 Å². The van der Waals surface area contributed by atoms with Gasteiger partial charge in [0.25, 0.3) is 0 Å². The second-order valence-corrected chi connectivity index (χ2v) is 15.3. The number of nitrogens with one attached hydrogen (secondary N) is 2. The highest BCUT2D eigenvalue weighted by molar-refractivity contribution is 5.86. The summed E-state index contributed by atoms with van der Waals surface area (Å²) in [4.78, 5) is 58.8. The summed E-state index contributed by atoms with van der Waals surface area (Å²) in [5.41, 5.74) is 7.30. The monoisotopic (exact) mass is 750 g/mol. The van der Waals surface area contributed by atoms with Crippen LogP contribution in [0.3, 0.4) is 0 Å². The number of alkyl carbamates (subject to hydrolysis) is 1. The number of hydrogen-bond donors (Lipinski definition) is 4. The van der Waals surface area contributed by atoms with Gasteiger partial charge < -0.3 is 40.3 Å². The number of rotatable bonds is 20. The first-order chi connectivity index (χ1) is 25.5. The van der Waals surface area contributed by atoms with Crippen LogP contribution in [-0.2, 0) is 50.2 Å². The van der Waals surface area contributed by atoms with E-state index in [9.17, 15) is 24.3 Å². The molecular formula is C40H58N6O8. The van der Waals surface area contributed by atoms with Gasteiger partial charge in [0.2, 0.25) is 11.8 Å². The van der Waals surface area contributed by atoms with Gasteiger partial charge in [-0.3, -0.25) is 14.5 Å². The van der Waals surface area contributed by atoms with E-state index in [1.165, 1.54) is 0 Å². The van der Waals surface area contributed by atoms with Crippen LogP contribution < -0.4 is 16.4 Å². The number of carbonyl (C=O) groups excluding carboxylic acids is 4. The van der Waals surface area contributed by atoms with E-state index in [2.05, 4.69) is 15.6 Å². The highest BCUT2D eigenvalue weighted by Crippen LogP contribution is 2.18. The summed E-state index contributed by atoms with van der Waals surface area (Å²) in [6.45, 7) is 12.9. The predicted octanol–water partition coefficient (Wildman–Crippen LogP) is 4.92. The number of benzene rings is 2. The van der Waals surface area contributed by atoms with Crippen molar-refractivity contribution in [3.8, 4) is 0 Å². The van der Waals surface area contributed by atoms with Gasteiger partial charge in [-0.25, -0.2) is 14.6 Å². The second kappa shape index (κ2) is 21.1. The van der Waals surface area contributed by atoms with Crippen LogP contribution in [0.1, 0.15) is 78.1 Å². The van der Waals surface area contributed by atoms with Gasteiger partial charge in [0.05, 0.1) is 31.6 Å². The van der Waals surface area contributed by atoms with Gasteiger partial charge in [0, 0.05) is 18.3 Å². The van der Waals surface area contributed by atoms with Crippen LogP contribution in [0.4, 0.5) is 9.59 Å². The van der Waals surface area contributed by atoms with Crippen LogP contribution in [0.15, 0.2) is 73.2 Å². The highest BCUT2D eigenvalue weighted by Gasteiger charge is 2.36. The summed E-state index contributed by atoms with van der Waals surface area (Å²) >= 11 is 0. The maximum absolute atomic E-state index is 14.1. The summed E-state index contributed by atoms with van der Waals surface area (Å²) in [5.74, 6) is -1.38. The van der Waals surface area contributed by atoms with Crippen molar-refractivity contribution >= 4 is 24.0 Å². The predicted molar refractivity (Wildman–Crippen MR) is 203 cm³/mol. The van der Waals surface area contributed by atoms with E-state index in [1.54, 1.807) is 50.0 Å². The van der Waals surface area contributed by atoms with E-state index in [4.69, 9.17) is 19.9 Å².